The number of benzene rings is 1. The molecule has 0 atom stereocenters. The molecule has 0 aliphatic carbocycles. The zero-order chi connectivity index (χ0) is 11.7. The molecule has 0 unspecified atom stereocenters. The summed E-state index contributed by atoms with van der Waals surface area (Å²) in [6, 6.07) is 5.91. The number of nitrogens with one attached hydrogen (secondary N) is 1. The number of halogens is 1. The Morgan fingerprint density at radius 1 is 1.38 bits per heavy atom. The number of aryl methyl sites for hydroxylation is 1. The Bertz CT molecular complexity index is 517. The van der Waals surface area contributed by atoms with Gasteiger partial charge in [0.25, 0.3) is 0 Å². The number of imidazole rings is 1. The minimum absolute atomic E-state index is 0.465. The first-order chi connectivity index (χ1) is 7.58. The molecular formula is C12H14ClN3. The van der Waals surface area contributed by atoms with Gasteiger partial charge >= 0.3 is 0 Å². The Balaban J connectivity index is 2.34. The van der Waals surface area contributed by atoms with Gasteiger partial charge in [-0.3, -0.25) is 0 Å². The van der Waals surface area contributed by atoms with E-state index in [1.165, 1.54) is 5.56 Å². The van der Waals surface area contributed by atoms with Crippen LogP contribution in [0.4, 0.5) is 5.95 Å². The van der Waals surface area contributed by atoms with Crippen molar-refractivity contribution in [2.45, 2.75) is 20.3 Å². The fraction of sp³-hybridized carbons (Fsp3) is 0.250. The topological polar surface area (TPSA) is 54.7 Å². The quantitative estimate of drug-likeness (QED) is 0.841. The number of rotatable bonds is 2. The highest BCUT2D eigenvalue weighted by atomic mass is 35.5. The van der Waals surface area contributed by atoms with Gasteiger partial charge in [0.15, 0.2) is 5.95 Å². The van der Waals surface area contributed by atoms with Gasteiger partial charge in [0.2, 0.25) is 0 Å². The summed E-state index contributed by atoms with van der Waals surface area (Å²) >= 11 is 6.07. The molecule has 0 radical (unpaired) electrons. The summed E-state index contributed by atoms with van der Waals surface area (Å²) in [7, 11) is 0. The third-order valence-corrected chi connectivity index (χ3v) is 3.15. The number of aromatic amines is 1. The maximum atomic E-state index is 6.07. The van der Waals surface area contributed by atoms with E-state index in [0.29, 0.717) is 5.95 Å². The van der Waals surface area contributed by atoms with Gasteiger partial charge in [0.05, 0.1) is 5.69 Å². The maximum Gasteiger partial charge on any atom is 0.197 e. The second-order valence-electron chi connectivity index (χ2n) is 3.89. The van der Waals surface area contributed by atoms with Gasteiger partial charge in [-0.25, -0.2) is 4.98 Å². The van der Waals surface area contributed by atoms with Gasteiger partial charge in [0, 0.05) is 17.1 Å². The number of nitrogen functional groups attached to an aromatic ring is 1. The van der Waals surface area contributed by atoms with E-state index in [1.54, 1.807) is 0 Å². The third-order valence-electron chi connectivity index (χ3n) is 2.74. The summed E-state index contributed by atoms with van der Waals surface area (Å²) in [5.41, 5.74) is 9.88. The van der Waals surface area contributed by atoms with E-state index < -0.39 is 0 Å². The lowest BCUT2D eigenvalue weighted by atomic mass is 10.0. The molecule has 4 heteroatoms. The SMILES string of the molecule is Cc1[nH]c(N)nc1Cc1cccc(Cl)c1C. The maximum absolute atomic E-state index is 6.07. The van der Waals surface area contributed by atoms with Crippen molar-refractivity contribution in [1.82, 2.24) is 9.97 Å². The van der Waals surface area contributed by atoms with Crippen LogP contribution in [0.3, 0.4) is 0 Å². The molecule has 2 aromatic rings. The lowest BCUT2D eigenvalue weighted by Gasteiger charge is -2.06. The molecule has 3 nitrogen and oxygen atoms in total. The van der Waals surface area contributed by atoms with Crippen molar-refractivity contribution in [3.05, 3.63) is 45.7 Å². The molecule has 84 valence electrons. The number of anilines is 1. The van der Waals surface area contributed by atoms with Crippen molar-refractivity contribution in [3.8, 4) is 0 Å². The number of hydrogen-bond acceptors (Lipinski definition) is 2. The van der Waals surface area contributed by atoms with Crippen LogP contribution in [0.1, 0.15) is 22.5 Å². The monoisotopic (exact) mass is 235 g/mol. The first kappa shape index (κ1) is 11.0. The number of hydrogen-bond donors (Lipinski definition) is 2. The summed E-state index contributed by atoms with van der Waals surface area (Å²) in [5, 5.41) is 0.790. The third kappa shape index (κ3) is 2.04. The largest absolute Gasteiger partial charge is 0.369 e. The fourth-order valence-electron chi connectivity index (χ4n) is 1.72. The average Bonchev–Trinajstić information content (AvgIpc) is 2.53. The number of nitrogens with zero attached hydrogens (tertiary/aromatic N) is 1. The summed E-state index contributed by atoms with van der Waals surface area (Å²) in [6.07, 6.45) is 0.756. The van der Waals surface area contributed by atoms with Gasteiger partial charge in [0.1, 0.15) is 0 Å². The van der Waals surface area contributed by atoms with E-state index >= 15 is 0 Å². The molecule has 0 saturated heterocycles. The zero-order valence-corrected chi connectivity index (χ0v) is 10.1. The predicted molar refractivity (Wildman–Crippen MR) is 66.7 cm³/mol. The second-order valence-corrected chi connectivity index (χ2v) is 4.30. The molecule has 16 heavy (non-hydrogen) atoms. The Hall–Kier alpha value is -1.48. The van der Waals surface area contributed by atoms with Crippen LogP contribution in [0.25, 0.3) is 0 Å². The van der Waals surface area contributed by atoms with Crippen molar-refractivity contribution in [1.29, 1.82) is 0 Å². The van der Waals surface area contributed by atoms with Crippen molar-refractivity contribution >= 4 is 17.5 Å². The number of H-pyrrole nitrogens is 1. The van der Waals surface area contributed by atoms with Gasteiger partial charge < -0.3 is 10.7 Å². The van der Waals surface area contributed by atoms with Crippen molar-refractivity contribution < 1.29 is 0 Å². The van der Waals surface area contributed by atoms with Gasteiger partial charge in [-0.2, -0.15) is 0 Å². The summed E-state index contributed by atoms with van der Waals surface area (Å²) < 4.78 is 0. The number of nitrogens with two attached hydrogens (primary N) is 1. The van der Waals surface area contributed by atoms with Gasteiger partial charge in [-0.15, -0.1) is 0 Å². The molecule has 3 N–H and O–H groups in total. The molecular weight excluding hydrogens is 222 g/mol. The molecule has 2 rings (SSSR count). The van der Waals surface area contributed by atoms with Crippen LogP contribution < -0.4 is 5.73 Å². The standard InChI is InChI=1S/C12H14ClN3/c1-7-9(4-3-5-10(7)13)6-11-8(2)15-12(14)16-11/h3-5H,6H2,1-2H3,(H3,14,15,16). The molecule has 1 heterocycles. The highest BCUT2D eigenvalue weighted by molar-refractivity contribution is 6.31. The summed E-state index contributed by atoms with van der Waals surface area (Å²) in [6.45, 7) is 3.99. The van der Waals surface area contributed by atoms with Crippen molar-refractivity contribution in [3.63, 3.8) is 0 Å². The first-order valence-corrected chi connectivity index (χ1v) is 5.50. The van der Waals surface area contributed by atoms with Crippen LogP contribution in [0.15, 0.2) is 18.2 Å². The van der Waals surface area contributed by atoms with Gasteiger partial charge in [-0.1, -0.05) is 23.7 Å². The van der Waals surface area contributed by atoms with Crippen LogP contribution >= 0.6 is 11.6 Å². The summed E-state index contributed by atoms with van der Waals surface area (Å²) in [5.74, 6) is 0.465. The lowest BCUT2D eigenvalue weighted by molar-refractivity contribution is 1.06. The molecule has 0 aliphatic heterocycles. The molecule has 0 spiro atoms. The molecule has 1 aromatic carbocycles. The molecule has 0 saturated carbocycles. The van der Waals surface area contributed by atoms with Crippen LogP contribution in [-0.2, 0) is 6.42 Å². The average molecular weight is 236 g/mol. The van der Waals surface area contributed by atoms with E-state index in [0.717, 1.165) is 28.4 Å². The molecule has 0 bridgehead atoms. The van der Waals surface area contributed by atoms with Crippen LogP contribution in [-0.4, -0.2) is 9.97 Å². The van der Waals surface area contributed by atoms with Crippen LogP contribution in [0.2, 0.25) is 5.02 Å². The number of aromatic nitrogens is 2. The fourth-order valence-corrected chi connectivity index (χ4v) is 1.91. The highest BCUT2D eigenvalue weighted by Gasteiger charge is 2.08. The first-order valence-electron chi connectivity index (χ1n) is 5.13. The van der Waals surface area contributed by atoms with E-state index in [2.05, 4.69) is 16.0 Å². The highest BCUT2D eigenvalue weighted by Crippen LogP contribution is 2.21. The lowest BCUT2D eigenvalue weighted by Crippen LogP contribution is -1.95. The Morgan fingerprint density at radius 3 is 2.75 bits per heavy atom. The summed E-state index contributed by atoms with van der Waals surface area (Å²) in [4.78, 5) is 7.25. The van der Waals surface area contributed by atoms with E-state index in [4.69, 9.17) is 17.3 Å². The molecule has 0 aliphatic rings. The second kappa shape index (κ2) is 4.18. The minimum Gasteiger partial charge on any atom is -0.369 e. The normalized spacial score (nSPS) is 10.7. The zero-order valence-electron chi connectivity index (χ0n) is 9.34. The predicted octanol–water partition coefficient (Wildman–Crippen LogP) is 2.85. The Kier molecular flexibility index (Phi) is 2.88. The van der Waals surface area contributed by atoms with Crippen LogP contribution in [0, 0.1) is 13.8 Å². The van der Waals surface area contributed by atoms with Crippen LogP contribution in [0.5, 0.6) is 0 Å². The Morgan fingerprint density at radius 2 is 2.12 bits per heavy atom. The van der Waals surface area contributed by atoms with E-state index in [1.807, 2.05) is 26.0 Å². The van der Waals surface area contributed by atoms with E-state index in [-0.39, 0.29) is 0 Å². The van der Waals surface area contributed by atoms with Gasteiger partial charge in [-0.05, 0) is 31.0 Å². The minimum atomic E-state index is 0.465. The smallest absolute Gasteiger partial charge is 0.197 e. The molecule has 0 amide bonds. The molecule has 0 fully saturated rings. The van der Waals surface area contributed by atoms with Crippen molar-refractivity contribution in [2.24, 2.45) is 0 Å². The molecule has 1 aromatic heterocycles. The van der Waals surface area contributed by atoms with Crippen molar-refractivity contribution in [2.75, 3.05) is 5.73 Å². The van der Waals surface area contributed by atoms with E-state index in [9.17, 15) is 0 Å². The Labute approximate surface area is 99.7 Å².